The second-order valence-corrected chi connectivity index (χ2v) is 30.6. The molecule has 575 valence electrons. The van der Waals surface area contributed by atoms with Crippen molar-refractivity contribution in [2.45, 2.75) is 99.8 Å². The van der Waals surface area contributed by atoms with E-state index < -0.39 is 0 Å². The van der Waals surface area contributed by atoms with Gasteiger partial charge in [0.1, 0.15) is 0 Å². The summed E-state index contributed by atoms with van der Waals surface area (Å²) in [6.07, 6.45) is 0. The van der Waals surface area contributed by atoms with E-state index in [2.05, 4.69) is 405 Å². The standard InChI is InChI=1S/C37H33N2.C35H31N2.C34H27N2.3Ir/c1-25(2)32-16-11-17-33(26(3)4)36(32)39-35-19-9-8-18-34(35)38-37(39)31-15-10-14-30(24-31)29-22-20-28(21-23-29)27-12-6-5-7-13-27;1-23(2)30-15-10-16-31(24(3)4)34(30)37-33-18-8-7-17-32(33)36-35(37)29-14-9-13-27(22-29)28-20-19-25-11-5-6-12-26(25)21-28;1-23-20-24(2)33(25(3)21-23)36-32-15-8-7-14-31(32)35-34(36)30-13-9-12-29(22-30)28-18-16-27(17-19-28)26-10-5-4-6-11-26;;;/h5-14,16-26H,1-4H3;5-13,15-24H,1-4H3;4-12,14-22H,1-3H3;;;/q3*-1;;;. The predicted octanol–water partition coefficient (Wildman–Crippen LogP) is 28.4. The molecule has 0 bridgehead atoms. The minimum absolute atomic E-state index is 0. The maximum Gasteiger partial charge on any atom is 0.0774 e. The Morgan fingerprint density at radius 2 is 0.522 bits per heavy atom. The van der Waals surface area contributed by atoms with Gasteiger partial charge >= 0.3 is 0 Å². The van der Waals surface area contributed by atoms with E-state index in [1.54, 1.807) is 0 Å². The summed E-state index contributed by atoms with van der Waals surface area (Å²) in [5.41, 5.74) is 34.0. The number of imidazole rings is 3. The van der Waals surface area contributed by atoms with Gasteiger partial charge in [-0.05, 0) is 170 Å². The Morgan fingerprint density at radius 3 is 0.878 bits per heavy atom. The van der Waals surface area contributed by atoms with Crippen LogP contribution in [-0.4, -0.2) is 28.7 Å². The normalized spacial score (nSPS) is 11.2. The Hall–Kier alpha value is -11.1. The van der Waals surface area contributed by atoms with Crippen molar-refractivity contribution in [3.8, 4) is 107 Å². The molecule has 0 atom stereocenters. The Balaban J connectivity index is 0.000000148. The number of para-hydroxylation sites is 8. The van der Waals surface area contributed by atoms with Gasteiger partial charge in [-0.25, -0.2) is 0 Å². The van der Waals surface area contributed by atoms with Gasteiger partial charge in [-0.1, -0.05) is 291 Å². The molecule has 3 heterocycles. The minimum Gasteiger partial charge on any atom is -0.333 e. The average molecular weight is 2030 g/mol. The first kappa shape index (κ1) is 81.9. The van der Waals surface area contributed by atoms with Gasteiger partial charge < -0.3 is 13.7 Å². The number of hydrogen-bond acceptors (Lipinski definition) is 3. The van der Waals surface area contributed by atoms with Crippen molar-refractivity contribution in [2.24, 2.45) is 0 Å². The second-order valence-electron chi connectivity index (χ2n) is 30.6. The Morgan fingerprint density at radius 1 is 0.243 bits per heavy atom. The number of fused-ring (bicyclic) bond motifs is 4. The van der Waals surface area contributed by atoms with Gasteiger partial charge in [0.15, 0.2) is 0 Å². The molecule has 15 aromatic carbocycles. The third-order valence-corrected chi connectivity index (χ3v) is 21.5. The molecule has 0 aliphatic carbocycles. The van der Waals surface area contributed by atoms with Crippen molar-refractivity contribution in [1.82, 2.24) is 28.7 Å². The summed E-state index contributed by atoms with van der Waals surface area (Å²) in [6.45, 7) is 24.7. The van der Waals surface area contributed by atoms with Crippen molar-refractivity contribution in [2.75, 3.05) is 0 Å². The zero-order valence-electron chi connectivity index (χ0n) is 66.7. The molecular formula is C106H91Ir3N6-3. The number of hydrogen-bond donors (Lipinski definition) is 0. The van der Waals surface area contributed by atoms with Crippen molar-refractivity contribution in [3.05, 3.63) is 385 Å². The molecule has 9 heteroatoms. The monoisotopic (exact) mass is 2030 g/mol. The SMILES string of the molecule is CC(C)c1cccc(C(C)C)c1-n1c(-c2[c-]ccc(-c3ccc(-c4ccccc4)cc3)c2)nc2ccccc21.CC(C)c1cccc(C(C)C)c1-n1c(-c2[c-]ccc(-c3ccc4ccccc4c3)c2)nc2ccccc21.Cc1cc(C)c(-n2c(-c3[c-]ccc(-c4ccc(-c5ccccc5)cc4)c3)nc3ccccc32)c(C)c1.[Ir].[Ir].[Ir]. The van der Waals surface area contributed by atoms with Crippen molar-refractivity contribution >= 4 is 43.9 Å². The van der Waals surface area contributed by atoms with E-state index in [0.717, 1.165) is 78.4 Å². The molecule has 3 aromatic heterocycles. The van der Waals surface area contributed by atoms with E-state index in [1.807, 2.05) is 30.3 Å². The molecule has 18 rings (SSSR count). The molecule has 0 N–H and O–H groups in total. The number of aromatic nitrogens is 6. The smallest absolute Gasteiger partial charge is 0.0774 e. The molecule has 6 nitrogen and oxygen atoms in total. The van der Waals surface area contributed by atoms with Gasteiger partial charge in [-0.15, -0.1) is 106 Å². The molecule has 0 fully saturated rings. The van der Waals surface area contributed by atoms with Crippen LogP contribution in [0.5, 0.6) is 0 Å². The first-order valence-corrected chi connectivity index (χ1v) is 39.2. The maximum atomic E-state index is 5.18. The fraction of sp³-hybridized carbons (Fsp3) is 0.142. The molecule has 0 spiro atoms. The molecule has 0 saturated heterocycles. The summed E-state index contributed by atoms with van der Waals surface area (Å²) in [7, 11) is 0. The Bertz CT molecular complexity index is 6350. The zero-order valence-corrected chi connectivity index (χ0v) is 73.9. The molecule has 0 saturated carbocycles. The molecule has 0 unspecified atom stereocenters. The van der Waals surface area contributed by atoms with Crippen LogP contribution >= 0.6 is 0 Å². The number of nitrogens with zero attached hydrogens (tertiary/aromatic N) is 6. The van der Waals surface area contributed by atoms with Crippen LogP contribution in [0.2, 0.25) is 0 Å². The first-order chi connectivity index (χ1) is 54.6. The summed E-state index contributed by atoms with van der Waals surface area (Å²) >= 11 is 0. The van der Waals surface area contributed by atoms with Crippen LogP contribution in [0.3, 0.4) is 0 Å². The third-order valence-electron chi connectivity index (χ3n) is 21.5. The number of rotatable bonds is 15. The van der Waals surface area contributed by atoms with Crippen molar-refractivity contribution in [3.63, 3.8) is 0 Å². The van der Waals surface area contributed by atoms with Crippen LogP contribution in [0.25, 0.3) is 151 Å². The van der Waals surface area contributed by atoms with Crippen LogP contribution in [-0.2, 0) is 60.3 Å². The average Bonchev–Trinajstić information content (AvgIpc) is 1.62. The number of benzene rings is 15. The molecule has 3 radical (unpaired) electrons. The van der Waals surface area contributed by atoms with Gasteiger partial charge in [0, 0.05) is 77.4 Å². The quantitative estimate of drug-likeness (QED) is 0.0961. The van der Waals surface area contributed by atoms with E-state index in [4.69, 9.17) is 15.0 Å². The van der Waals surface area contributed by atoms with Crippen LogP contribution in [0.15, 0.2) is 328 Å². The van der Waals surface area contributed by atoms with Gasteiger partial charge in [0.25, 0.3) is 0 Å². The van der Waals surface area contributed by atoms with E-state index in [0.29, 0.717) is 23.7 Å². The van der Waals surface area contributed by atoms with Gasteiger partial charge in [-0.3, -0.25) is 15.0 Å². The molecule has 0 amide bonds. The van der Waals surface area contributed by atoms with Gasteiger partial charge in [0.2, 0.25) is 0 Å². The molecular weight excluding hydrogens is 1930 g/mol. The fourth-order valence-corrected chi connectivity index (χ4v) is 16.0. The largest absolute Gasteiger partial charge is 0.333 e. The van der Waals surface area contributed by atoms with Gasteiger partial charge in [-0.2, -0.15) is 0 Å². The van der Waals surface area contributed by atoms with E-state index in [-0.39, 0.29) is 60.3 Å². The van der Waals surface area contributed by atoms with Crippen LogP contribution in [0.1, 0.15) is 118 Å². The van der Waals surface area contributed by atoms with Crippen LogP contribution in [0, 0.1) is 39.0 Å². The number of aryl methyl sites for hydroxylation is 3. The topological polar surface area (TPSA) is 53.5 Å². The molecule has 0 aliphatic heterocycles. The Labute approximate surface area is 718 Å². The van der Waals surface area contributed by atoms with E-state index >= 15 is 0 Å². The van der Waals surface area contributed by atoms with E-state index in [1.165, 1.54) is 111 Å². The summed E-state index contributed by atoms with van der Waals surface area (Å²) < 4.78 is 7.04. The minimum atomic E-state index is 0. The maximum absolute atomic E-state index is 5.18. The summed E-state index contributed by atoms with van der Waals surface area (Å²) in [5, 5.41) is 2.50. The Kier molecular flexibility index (Phi) is 25.8. The van der Waals surface area contributed by atoms with Crippen molar-refractivity contribution in [1.29, 1.82) is 0 Å². The van der Waals surface area contributed by atoms with Crippen LogP contribution < -0.4 is 0 Å². The second kappa shape index (κ2) is 36.2. The zero-order chi connectivity index (χ0) is 77.1. The summed E-state index contributed by atoms with van der Waals surface area (Å²) in [4.78, 5) is 15.4. The predicted molar refractivity (Wildman–Crippen MR) is 471 cm³/mol. The van der Waals surface area contributed by atoms with E-state index in [9.17, 15) is 0 Å². The third kappa shape index (κ3) is 17.1. The summed E-state index contributed by atoms with van der Waals surface area (Å²) in [6, 6.07) is 127. The van der Waals surface area contributed by atoms with Crippen LogP contribution in [0.4, 0.5) is 0 Å². The molecule has 0 aliphatic rings. The molecule has 115 heavy (non-hydrogen) atoms. The van der Waals surface area contributed by atoms with Gasteiger partial charge in [0.05, 0.1) is 50.6 Å². The molecule has 18 aromatic rings. The fourth-order valence-electron chi connectivity index (χ4n) is 16.0. The summed E-state index contributed by atoms with van der Waals surface area (Å²) in [5.74, 6) is 4.30. The first-order valence-electron chi connectivity index (χ1n) is 39.2. The van der Waals surface area contributed by atoms with Crippen molar-refractivity contribution < 1.29 is 60.3 Å².